The Hall–Kier alpha value is -1.17. The number of thioether (sulfide) groups is 1. The molecule has 26 heavy (non-hydrogen) atoms. The Bertz CT molecular complexity index is 897. The highest BCUT2D eigenvalue weighted by Crippen LogP contribution is 2.48. The number of nitrogens with zero attached hydrogens (tertiary/aromatic N) is 1. The van der Waals surface area contributed by atoms with Crippen molar-refractivity contribution in [2.75, 3.05) is 0 Å². The van der Waals surface area contributed by atoms with E-state index in [0.29, 0.717) is 21.7 Å². The van der Waals surface area contributed by atoms with Crippen LogP contribution in [0.4, 0.5) is 0 Å². The number of halogens is 3. The third-order valence-electron chi connectivity index (χ3n) is 4.31. The average molecular weight is 426 g/mol. The van der Waals surface area contributed by atoms with Gasteiger partial charge in [0.1, 0.15) is 5.82 Å². The number of imidazole rings is 1. The van der Waals surface area contributed by atoms with Gasteiger partial charge in [-0.1, -0.05) is 40.9 Å². The van der Waals surface area contributed by atoms with Crippen molar-refractivity contribution in [3.8, 4) is 0 Å². The quantitative estimate of drug-likeness (QED) is 0.518. The fraction of sp³-hybridized carbons (Fsp3) is 0.211. The molecule has 1 aliphatic rings. The summed E-state index contributed by atoms with van der Waals surface area (Å²) >= 11 is 20.6. The van der Waals surface area contributed by atoms with E-state index in [1.54, 1.807) is 18.0 Å². The van der Waals surface area contributed by atoms with E-state index in [0.717, 1.165) is 23.4 Å². The standard InChI is InChI=1S/C19H15Cl3N2OS/c20-11-4-5-16-12(8-11)19(17(26-16)9-18-23-6-7-24-18)25-10-13-14(21)2-1-3-15(13)22/h1-8,17,19H,9-10H2,(H,23,24). The predicted octanol–water partition coefficient (Wildman–Crippen LogP) is 6.34. The highest BCUT2D eigenvalue weighted by Gasteiger charge is 2.35. The number of H-pyrrole nitrogens is 1. The van der Waals surface area contributed by atoms with E-state index in [1.807, 2.05) is 42.6 Å². The van der Waals surface area contributed by atoms with Gasteiger partial charge in [-0.2, -0.15) is 0 Å². The van der Waals surface area contributed by atoms with Gasteiger partial charge in [0.05, 0.1) is 12.7 Å². The van der Waals surface area contributed by atoms with E-state index in [1.165, 1.54) is 4.90 Å². The van der Waals surface area contributed by atoms with Gasteiger partial charge in [-0.05, 0) is 35.9 Å². The summed E-state index contributed by atoms with van der Waals surface area (Å²) in [6.45, 7) is 0.338. The summed E-state index contributed by atoms with van der Waals surface area (Å²) in [4.78, 5) is 8.70. The van der Waals surface area contributed by atoms with Gasteiger partial charge in [-0.25, -0.2) is 4.98 Å². The summed E-state index contributed by atoms with van der Waals surface area (Å²) in [5.41, 5.74) is 1.90. The number of hydrogen-bond donors (Lipinski definition) is 1. The van der Waals surface area contributed by atoms with Crippen LogP contribution in [0.3, 0.4) is 0 Å². The molecule has 0 saturated heterocycles. The second-order valence-corrected chi connectivity index (χ2v) is 8.54. The highest BCUT2D eigenvalue weighted by molar-refractivity contribution is 8.00. The average Bonchev–Trinajstić information content (AvgIpc) is 3.23. The lowest BCUT2D eigenvalue weighted by atomic mass is 10.0. The first kappa shape index (κ1) is 18.2. The molecule has 2 unspecified atom stereocenters. The largest absolute Gasteiger partial charge is 0.368 e. The molecule has 0 aliphatic carbocycles. The summed E-state index contributed by atoms with van der Waals surface area (Å²) in [6.07, 6.45) is 4.24. The van der Waals surface area contributed by atoms with Crippen LogP contribution in [-0.4, -0.2) is 15.2 Å². The maximum atomic E-state index is 6.30. The summed E-state index contributed by atoms with van der Waals surface area (Å²) < 4.78 is 6.30. The highest BCUT2D eigenvalue weighted by atomic mass is 35.5. The van der Waals surface area contributed by atoms with Crippen molar-refractivity contribution in [2.24, 2.45) is 0 Å². The molecule has 0 spiro atoms. The van der Waals surface area contributed by atoms with Crippen molar-refractivity contribution in [1.29, 1.82) is 0 Å². The molecule has 3 aromatic rings. The maximum Gasteiger partial charge on any atom is 0.107 e. The van der Waals surface area contributed by atoms with Gasteiger partial charge in [0.25, 0.3) is 0 Å². The van der Waals surface area contributed by atoms with Gasteiger partial charge >= 0.3 is 0 Å². The van der Waals surface area contributed by atoms with Gasteiger partial charge in [-0.3, -0.25) is 0 Å². The minimum Gasteiger partial charge on any atom is -0.368 e. The lowest BCUT2D eigenvalue weighted by molar-refractivity contribution is 0.0392. The Labute approximate surface area is 171 Å². The molecular weight excluding hydrogens is 411 g/mol. The van der Waals surface area contributed by atoms with Crippen LogP contribution in [0.15, 0.2) is 53.7 Å². The molecule has 1 aromatic heterocycles. The number of aromatic amines is 1. The van der Waals surface area contributed by atoms with Crippen LogP contribution in [0.5, 0.6) is 0 Å². The Morgan fingerprint density at radius 2 is 1.92 bits per heavy atom. The normalized spacial score (nSPS) is 18.9. The van der Waals surface area contributed by atoms with E-state index >= 15 is 0 Å². The van der Waals surface area contributed by atoms with Crippen molar-refractivity contribution in [3.05, 3.63) is 80.8 Å². The third kappa shape index (κ3) is 3.75. The summed E-state index contributed by atoms with van der Waals surface area (Å²) in [7, 11) is 0. The predicted molar refractivity (Wildman–Crippen MR) is 107 cm³/mol. The number of hydrogen-bond acceptors (Lipinski definition) is 3. The van der Waals surface area contributed by atoms with Crippen LogP contribution in [-0.2, 0) is 17.8 Å². The summed E-state index contributed by atoms with van der Waals surface area (Å²) in [6, 6.07) is 11.4. The van der Waals surface area contributed by atoms with Crippen LogP contribution in [0.2, 0.25) is 15.1 Å². The molecule has 2 heterocycles. The Morgan fingerprint density at radius 3 is 2.65 bits per heavy atom. The first-order valence-electron chi connectivity index (χ1n) is 8.10. The number of ether oxygens (including phenoxy) is 1. The topological polar surface area (TPSA) is 37.9 Å². The molecule has 1 N–H and O–H groups in total. The Kier molecular flexibility index (Phi) is 5.48. The van der Waals surface area contributed by atoms with E-state index in [2.05, 4.69) is 9.97 Å². The van der Waals surface area contributed by atoms with Gasteiger partial charge in [-0.15, -0.1) is 11.8 Å². The fourth-order valence-electron chi connectivity index (χ4n) is 3.06. The van der Waals surface area contributed by atoms with Crippen molar-refractivity contribution in [1.82, 2.24) is 9.97 Å². The zero-order valence-electron chi connectivity index (χ0n) is 13.6. The first-order chi connectivity index (χ1) is 12.6. The van der Waals surface area contributed by atoms with Gasteiger partial charge in [0.15, 0.2) is 0 Å². The Morgan fingerprint density at radius 1 is 1.12 bits per heavy atom. The minimum atomic E-state index is -0.119. The van der Waals surface area contributed by atoms with E-state index < -0.39 is 0 Å². The van der Waals surface area contributed by atoms with E-state index in [-0.39, 0.29) is 11.4 Å². The molecule has 0 amide bonds. The smallest absolute Gasteiger partial charge is 0.107 e. The summed E-state index contributed by atoms with van der Waals surface area (Å²) in [5.74, 6) is 0.936. The van der Waals surface area contributed by atoms with Gasteiger partial charge < -0.3 is 9.72 Å². The molecule has 2 aromatic carbocycles. The first-order valence-corrected chi connectivity index (χ1v) is 10.1. The number of benzene rings is 2. The molecule has 4 rings (SSSR count). The molecule has 0 bridgehead atoms. The molecule has 1 aliphatic heterocycles. The molecule has 3 nitrogen and oxygen atoms in total. The van der Waals surface area contributed by atoms with Crippen molar-refractivity contribution in [3.63, 3.8) is 0 Å². The third-order valence-corrected chi connectivity index (χ3v) is 6.60. The molecule has 0 saturated carbocycles. The van der Waals surface area contributed by atoms with Crippen LogP contribution >= 0.6 is 46.6 Å². The second-order valence-electron chi connectivity index (χ2n) is 6.01. The van der Waals surface area contributed by atoms with E-state index in [9.17, 15) is 0 Å². The number of nitrogens with one attached hydrogen (secondary N) is 1. The number of aromatic nitrogens is 2. The lowest BCUT2D eigenvalue weighted by Crippen LogP contribution is -2.17. The van der Waals surface area contributed by atoms with Gasteiger partial charge in [0.2, 0.25) is 0 Å². The van der Waals surface area contributed by atoms with E-state index in [4.69, 9.17) is 39.5 Å². The van der Waals surface area contributed by atoms with Crippen LogP contribution in [0, 0.1) is 0 Å². The number of rotatable bonds is 5. The molecule has 0 fully saturated rings. The van der Waals surface area contributed by atoms with Gasteiger partial charge in [0, 0.05) is 49.6 Å². The van der Waals surface area contributed by atoms with Crippen LogP contribution < -0.4 is 0 Å². The van der Waals surface area contributed by atoms with Crippen molar-refractivity contribution >= 4 is 46.6 Å². The fourth-order valence-corrected chi connectivity index (χ4v) is 5.12. The van der Waals surface area contributed by atoms with Crippen molar-refractivity contribution < 1.29 is 4.74 Å². The zero-order chi connectivity index (χ0) is 18.1. The number of fused-ring (bicyclic) bond motifs is 1. The molecule has 7 heteroatoms. The van der Waals surface area contributed by atoms with Crippen LogP contribution in [0.25, 0.3) is 0 Å². The maximum absolute atomic E-state index is 6.30. The van der Waals surface area contributed by atoms with Crippen LogP contribution in [0.1, 0.15) is 23.1 Å². The molecule has 2 atom stereocenters. The van der Waals surface area contributed by atoms with Crippen molar-refractivity contribution in [2.45, 2.75) is 29.3 Å². The summed E-state index contributed by atoms with van der Waals surface area (Å²) in [5, 5.41) is 2.11. The lowest BCUT2D eigenvalue weighted by Gasteiger charge is -2.20. The minimum absolute atomic E-state index is 0.119. The SMILES string of the molecule is Clc1ccc2c(c1)C(OCc1c(Cl)cccc1Cl)C(Cc1ncc[nH]1)S2. The zero-order valence-corrected chi connectivity index (χ0v) is 16.7. The molecule has 0 radical (unpaired) electrons. The second kappa shape index (κ2) is 7.83. The monoisotopic (exact) mass is 424 g/mol. The Balaban J connectivity index is 1.60. The molecular formula is C19H15Cl3N2OS. The molecule has 134 valence electrons.